The van der Waals surface area contributed by atoms with Crippen LogP contribution in [0, 0.1) is 6.92 Å². The average Bonchev–Trinajstić information content (AvgIpc) is 2.18. The lowest BCUT2D eigenvalue weighted by Gasteiger charge is -1.99. The molecule has 0 saturated carbocycles. The first-order chi connectivity index (χ1) is 7.09. The molecule has 0 spiro atoms. The molecule has 1 aromatic heterocycles. The summed E-state index contributed by atoms with van der Waals surface area (Å²) in [5.74, 6) is 0.684. The third kappa shape index (κ3) is 4.16. The van der Waals surface area contributed by atoms with Gasteiger partial charge in [-0.2, -0.15) is 0 Å². The van der Waals surface area contributed by atoms with E-state index in [-0.39, 0.29) is 5.12 Å². The lowest BCUT2D eigenvalue weighted by Crippen LogP contribution is -1.92. The van der Waals surface area contributed by atoms with E-state index < -0.39 is 0 Å². The maximum absolute atomic E-state index is 10.7. The molecule has 1 heterocycles. The van der Waals surface area contributed by atoms with Crippen LogP contribution in [0.4, 0.5) is 5.69 Å². The van der Waals surface area contributed by atoms with Crippen molar-refractivity contribution >= 4 is 28.6 Å². The summed E-state index contributed by atoms with van der Waals surface area (Å²) >= 11 is 1.28. The van der Waals surface area contributed by atoms with E-state index in [9.17, 15) is 4.79 Å². The Morgan fingerprint density at radius 1 is 1.67 bits per heavy atom. The van der Waals surface area contributed by atoms with E-state index in [4.69, 9.17) is 5.73 Å². The number of hydrogen-bond acceptors (Lipinski definition) is 4. The summed E-state index contributed by atoms with van der Waals surface area (Å²) in [4.78, 5) is 14.8. The zero-order valence-electron chi connectivity index (χ0n) is 8.86. The van der Waals surface area contributed by atoms with Gasteiger partial charge in [0.25, 0.3) is 0 Å². The van der Waals surface area contributed by atoms with Gasteiger partial charge in [0, 0.05) is 18.9 Å². The van der Waals surface area contributed by atoms with Gasteiger partial charge in [0.15, 0.2) is 5.12 Å². The SMILES string of the molecule is CC(=O)SCC=Cc1cnc(C)c(N)c1. The Labute approximate surface area is 93.8 Å². The van der Waals surface area contributed by atoms with Gasteiger partial charge in [0.2, 0.25) is 0 Å². The summed E-state index contributed by atoms with van der Waals surface area (Å²) in [5.41, 5.74) is 8.21. The molecule has 0 radical (unpaired) electrons. The van der Waals surface area contributed by atoms with E-state index in [0.717, 1.165) is 11.3 Å². The van der Waals surface area contributed by atoms with Crippen molar-refractivity contribution in [2.45, 2.75) is 13.8 Å². The number of pyridine rings is 1. The Hall–Kier alpha value is -1.29. The maximum Gasteiger partial charge on any atom is 0.186 e. The van der Waals surface area contributed by atoms with Gasteiger partial charge >= 0.3 is 0 Å². The number of carbonyl (C=O) groups excluding carboxylic acids is 1. The van der Waals surface area contributed by atoms with Gasteiger partial charge in [-0.3, -0.25) is 9.78 Å². The Balaban J connectivity index is 2.57. The molecular weight excluding hydrogens is 208 g/mol. The van der Waals surface area contributed by atoms with Crippen LogP contribution < -0.4 is 5.73 Å². The Morgan fingerprint density at radius 3 is 3.00 bits per heavy atom. The molecule has 3 nitrogen and oxygen atoms in total. The van der Waals surface area contributed by atoms with Gasteiger partial charge in [0.1, 0.15) is 0 Å². The quantitative estimate of drug-likeness (QED) is 0.852. The third-order valence-corrected chi connectivity index (χ3v) is 2.61. The molecular formula is C11H14N2OS. The number of thioether (sulfide) groups is 1. The highest BCUT2D eigenvalue weighted by molar-refractivity contribution is 8.13. The van der Waals surface area contributed by atoms with Crippen molar-refractivity contribution in [3.63, 3.8) is 0 Å². The molecule has 80 valence electrons. The van der Waals surface area contributed by atoms with Crippen LogP contribution >= 0.6 is 11.8 Å². The van der Waals surface area contributed by atoms with Gasteiger partial charge < -0.3 is 5.73 Å². The highest BCUT2D eigenvalue weighted by Crippen LogP contribution is 2.11. The Kier molecular flexibility index (Phi) is 4.37. The van der Waals surface area contributed by atoms with E-state index in [1.165, 1.54) is 11.8 Å². The van der Waals surface area contributed by atoms with Crippen LogP contribution in [0.2, 0.25) is 0 Å². The summed E-state index contributed by atoms with van der Waals surface area (Å²) in [5, 5.41) is 0.126. The number of anilines is 1. The first-order valence-corrected chi connectivity index (χ1v) is 5.60. The molecule has 0 aliphatic carbocycles. The van der Waals surface area contributed by atoms with E-state index in [2.05, 4.69) is 4.98 Å². The number of aryl methyl sites for hydroxylation is 1. The summed E-state index contributed by atoms with van der Waals surface area (Å²) in [6.45, 7) is 3.43. The molecule has 0 aliphatic heterocycles. The number of rotatable bonds is 3. The number of carbonyl (C=O) groups is 1. The number of nitrogen functional groups attached to an aromatic ring is 1. The standard InChI is InChI=1S/C11H14N2OS/c1-8-11(12)6-10(7-13-8)4-3-5-15-9(2)14/h3-4,6-7H,5,12H2,1-2H3. The minimum Gasteiger partial charge on any atom is -0.397 e. The zero-order chi connectivity index (χ0) is 11.3. The predicted molar refractivity (Wildman–Crippen MR) is 65.6 cm³/mol. The molecule has 0 amide bonds. The van der Waals surface area contributed by atoms with E-state index in [0.29, 0.717) is 11.4 Å². The van der Waals surface area contributed by atoms with Crippen LogP contribution in [0.1, 0.15) is 18.2 Å². The second kappa shape index (κ2) is 5.56. The molecule has 0 bridgehead atoms. The normalized spacial score (nSPS) is 10.8. The van der Waals surface area contributed by atoms with Crippen LogP contribution in [0.3, 0.4) is 0 Å². The molecule has 0 aliphatic rings. The van der Waals surface area contributed by atoms with Gasteiger partial charge in [0.05, 0.1) is 11.4 Å². The second-order valence-electron chi connectivity index (χ2n) is 3.15. The summed E-state index contributed by atoms with van der Waals surface area (Å²) < 4.78 is 0. The van der Waals surface area contributed by atoms with Gasteiger partial charge in [-0.15, -0.1) is 0 Å². The third-order valence-electron chi connectivity index (χ3n) is 1.84. The minimum absolute atomic E-state index is 0.126. The van der Waals surface area contributed by atoms with E-state index >= 15 is 0 Å². The molecule has 0 saturated heterocycles. The number of aromatic nitrogens is 1. The molecule has 0 aromatic carbocycles. The van der Waals surface area contributed by atoms with Crippen molar-refractivity contribution in [3.8, 4) is 0 Å². The van der Waals surface area contributed by atoms with Crippen molar-refractivity contribution in [1.29, 1.82) is 0 Å². The van der Waals surface area contributed by atoms with Gasteiger partial charge in [-0.1, -0.05) is 23.9 Å². The molecule has 0 unspecified atom stereocenters. The Bertz CT molecular complexity index is 388. The molecule has 4 heteroatoms. The summed E-state index contributed by atoms with van der Waals surface area (Å²) in [7, 11) is 0. The van der Waals surface area contributed by atoms with Crippen molar-refractivity contribution < 1.29 is 4.79 Å². The molecule has 2 N–H and O–H groups in total. The Morgan fingerprint density at radius 2 is 2.40 bits per heavy atom. The van der Waals surface area contributed by atoms with Crippen LogP contribution in [-0.4, -0.2) is 15.9 Å². The number of nitrogens with two attached hydrogens (primary N) is 1. The van der Waals surface area contributed by atoms with E-state index in [1.807, 2.05) is 25.1 Å². The molecule has 0 atom stereocenters. The number of hydrogen-bond donors (Lipinski definition) is 1. The molecule has 0 fully saturated rings. The summed E-state index contributed by atoms with van der Waals surface area (Å²) in [6.07, 6.45) is 5.61. The fraction of sp³-hybridized carbons (Fsp3) is 0.273. The predicted octanol–water partition coefficient (Wildman–Crippen LogP) is 2.27. The zero-order valence-corrected chi connectivity index (χ0v) is 9.67. The molecule has 1 rings (SSSR count). The lowest BCUT2D eigenvalue weighted by atomic mass is 10.2. The van der Waals surface area contributed by atoms with Crippen LogP contribution in [0.15, 0.2) is 18.3 Å². The topological polar surface area (TPSA) is 56.0 Å². The van der Waals surface area contributed by atoms with E-state index in [1.54, 1.807) is 13.1 Å². The van der Waals surface area contributed by atoms with Crippen LogP contribution in [0.5, 0.6) is 0 Å². The van der Waals surface area contributed by atoms with Crippen LogP contribution in [-0.2, 0) is 4.79 Å². The minimum atomic E-state index is 0.126. The molecule has 1 aromatic rings. The van der Waals surface area contributed by atoms with Crippen molar-refractivity contribution in [1.82, 2.24) is 4.98 Å². The largest absolute Gasteiger partial charge is 0.397 e. The monoisotopic (exact) mass is 222 g/mol. The highest BCUT2D eigenvalue weighted by atomic mass is 32.2. The average molecular weight is 222 g/mol. The summed E-state index contributed by atoms with van der Waals surface area (Å²) in [6, 6.07) is 1.87. The first-order valence-electron chi connectivity index (χ1n) is 4.61. The van der Waals surface area contributed by atoms with Gasteiger partial charge in [-0.25, -0.2) is 0 Å². The second-order valence-corrected chi connectivity index (χ2v) is 4.35. The van der Waals surface area contributed by atoms with Crippen molar-refractivity contribution in [2.75, 3.05) is 11.5 Å². The fourth-order valence-electron chi connectivity index (χ4n) is 1.01. The molecule has 15 heavy (non-hydrogen) atoms. The first kappa shape index (κ1) is 11.8. The maximum atomic E-state index is 10.7. The number of nitrogens with zero attached hydrogens (tertiary/aromatic N) is 1. The smallest absolute Gasteiger partial charge is 0.186 e. The van der Waals surface area contributed by atoms with Crippen molar-refractivity contribution in [3.05, 3.63) is 29.6 Å². The van der Waals surface area contributed by atoms with Gasteiger partial charge in [-0.05, 0) is 18.6 Å². The fourth-order valence-corrected chi connectivity index (χ4v) is 1.44. The highest BCUT2D eigenvalue weighted by Gasteiger charge is 1.95. The van der Waals surface area contributed by atoms with Crippen LogP contribution in [0.25, 0.3) is 6.08 Å². The lowest BCUT2D eigenvalue weighted by molar-refractivity contribution is -0.109. The van der Waals surface area contributed by atoms with Crippen molar-refractivity contribution in [2.24, 2.45) is 0 Å².